The van der Waals surface area contributed by atoms with Gasteiger partial charge in [0.2, 0.25) is 0 Å². The Balaban J connectivity index is 2.40. The second-order valence-corrected chi connectivity index (χ2v) is 5.95. The number of alkyl halides is 3. The molecule has 1 aliphatic carbocycles. The summed E-state index contributed by atoms with van der Waals surface area (Å²) in [5.41, 5.74) is 0. The van der Waals surface area contributed by atoms with Crippen LogP contribution in [0.3, 0.4) is 0 Å². The Labute approximate surface area is 89.6 Å². The minimum atomic E-state index is -1.03. The molecule has 72 valence electrons. The van der Waals surface area contributed by atoms with Crippen molar-refractivity contribution in [2.45, 2.75) is 48.7 Å². The largest absolute Gasteiger partial charge is 0.193 e. The fourth-order valence-electron chi connectivity index (χ4n) is 1.78. The van der Waals surface area contributed by atoms with Crippen molar-refractivity contribution in [1.29, 1.82) is 0 Å². The summed E-state index contributed by atoms with van der Waals surface area (Å²) in [6, 6.07) is 0. The highest BCUT2D eigenvalue weighted by Gasteiger charge is 2.31. The summed E-state index contributed by atoms with van der Waals surface area (Å²) >= 11 is 17.6. The first-order chi connectivity index (χ1) is 5.61. The topological polar surface area (TPSA) is 0 Å². The molecule has 0 heterocycles. The quantitative estimate of drug-likeness (QED) is 0.528. The zero-order valence-corrected chi connectivity index (χ0v) is 9.43. The van der Waals surface area contributed by atoms with E-state index in [0.29, 0.717) is 0 Å². The molecular weight excluding hydrogens is 214 g/mol. The van der Waals surface area contributed by atoms with Gasteiger partial charge in [-0.2, -0.15) is 0 Å². The summed E-state index contributed by atoms with van der Waals surface area (Å²) in [7, 11) is 0. The van der Waals surface area contributed by atoms with Gasteiger partial charge < -0.3 is 0 Å². The first-order valence-corrected chi connectivity index (χ1v) is 5.81. The Morgan fingerprint density at radius 2 is 1.17 bits per heavy atom. The van der Waals surface area contributed by atoms with Gasteiger partial charge in [-0.3, -0.25) is 0 Å². The van der Waals surface area contributed by atoms with E-state index < -0.39 is 3.79 Å². The molecule has 0 N–H and O–H groups in total. The molecule has 0 spiro atoms. The first-order valence-electron chi connectivity index (χ1n) is 4.67. The predicted octanol–water partition coefficient (Wildman–Crippen LogP) is 4.72. The van der Waals surface area contributed by atoms with Crippen molar-refractivity contribution in [3.8, 4) is 0 Å². The van der Waals surface area contributed by atoms with Gasteiger partial charge >= 0.3 is 0 Å². The molecule has 0 aromatic heterocycles. The minimum Gasteiger partial charge on any atom is -0.0834 e. The Morgan fingerprint density at radius 1 is 0.750 bits per heavy atom. The highest BCUT2D eigenvalue weighted by molar-refractivity contribution is 6.67. The van der Waals surface area contributed by atoms with E-state index in [1.54, 1.807) is 0 Å². The molecule has 12 heavy (non-hydrogen) atoms. The summed E-state index contributed by atoms with van der Waals surface area (Å²) in [5, 5.41) is 0. The van der Waals surface area contributed by atoms with E-state index in [1.807, 2.05) is 0 Å². The van der Waals surface area contributed by atoms with Crippen LogP contribution in [0.2, 0.25) is 0 Å². The van der Waals surface area contributed by atoms with Gasteiger partial charge in [0.05, 0.1) is 0 Å². The molecule has 0 atom stereocenters. The van der Waals surface area contributed by atoms with Gasteiger partial charge in [-0.15, -0.1) is 0 Å². The van der Waals surface area contributed by atoms with Crippen LogP contribution in [-0.2, 0) is 0 Å². The normalized spacial score (nSPS) is 23.2. The van der Waals surface area contributed by atoms with Gasteiger partial charge in [0.1, 0.15) is 0 Å². The molecule has 3 heteroatoms. The molecule has 0 aliphatic heterocycles. The zero-order valence-electron chi connectivity index (χ0n) is 7.16. The Hall–Kier alpha value is 0.870. The van der Waals surface area contributed by atoms with Gasteiger partial charge in [0.25, 0.3) is 0 Å². The number of hydrogen-bond acceptors (Lipinski definition) is 0. The summed E-state index contributed by atoms with van der Waals surface area (Å²) in [6.45, 7) is 0. The lowest BCUT2D eigenvalue weighted by molar-refractivity contribution is 0.382. The van der Waals surface area contributed by atoms with Gasteiger partial charge in [-0.1, -0.05) is 66.9 Å². The van der Waals surface area contributed by atoms with Gasteiger partial charge in [-0.05, 0) is 12.8 Å². The molecule has 0 amide bonds. The second-order valence-electron chi connectivity index (χ2n) is 3.58. The molecule has 0 saturated heterocycles. The smallest absolute Gasteiger partial charge is 0.0834 e. The molecule has 1 rings (SSSR count). The van der Waals surface area contributed by atoms with E-state index in [4.69, 9.17) is 34.8 Å². The molecule has 0 aromatic carbocycles. The maximum atomic E-state index is 5.87. The van der Waals surface area contributed by atoms with Crippen molar-refractivity contribution in [3.63, 3.8) is 0 Å². The first kappa shape index (κ1) is 10.9. The summed E-state index contributed by atoms with van der Waals surface area (Å²) in [6.07, 6.45) is 8.56. The van der Waals surface area contributed by atoms with Gasteiger partial charge in [0, 0.05) is 5.92 Å². The molecule has 1 aliphatic rings. The van der Waals surface area contributed by atoms with E-state index in [9.17, 15) is 0 Å². The highest BCUT2D eigenvalue weighted by Crippen LogP contribution is 2.41. The van der Waals surface area contributed by atoms with Gasteiger partial charge in [-0.25, -0.2) is 0 Å². The lowest BCUT2D eigenvalue weighted by atomic mass is 9.92. The minimum absolute atomic E-state index is 0.280. The third-order valence-corrected chi connectivity index (χ3v) is 3.49. The third-order valence-electron chi connectivity index (χ3n) is 2.57. The molecule has 1 saturated carbocycles. The van der Waals surface area contributed by atoms with E-state index in [-0.39, 0.29) is 5.92 Å². The van der Waals surface area contributed by atoms with Crippen LogP contribution in [0.15, 0.2) is 0 Å². The van der Waals surface area contributed by atoms with Crippen LogP contribution < -0.4 is 0 Å². The van der Waals surface area contributed by atoms with Crippen molar-refractivity contribution < 1.29 is 0 Å². The molecule has 1 fully saturated rings. The number of halogens is 3. The van der Waals surface area contributed by atoms with Crippen LogP contribution >= 0.6 is 34.8 Å². The van der Waals surface area contributed by atoms with Crippen molar-refractivity contribution >= 4 is 34.8 Å². The average molecular weight is 230 g/mol. The molecule has 0 aromatic rings. The predicted molar refractivity (Wildman–Crippen MR) is 56.1 cm³/mol. The highest BCUT2D eigenvalue weighted by atomic mass is 35.6. The molecule has 0 nitrogen and oxygen atoms in total. The maximum absolute atomic E-state index is 5.87. The van der Waals surface area contributed by atoms with E-state index in [1.165, 1.54) is 32.1 Å². The van der Waals surface area contributed by atoms with Crippen LogP contribution in [0.4, 0.5) is 0 Å². The van der Waals surface area contributed by atoms with Crippen LogP contribution in [-0.4, -0.2) is 3.79 Å². The zero-order chi connectivity index (χ0) is 9.03. The summed E-state index contributed by atoms with van der Waals surface area (Å²) in [4.78, 5) is 0. The van der Waals surface area contributed by atoms with Crippen LogP contribution in [0.5, 0.6) is 0 Å². The van der Waals surface area contributed by atoms with Gasteiger partial charge in [0.15, 0.2) is 3.79 Å². The van der Waals surface area contributed by atoms with Crippen molar-refractivity contribution in [1.82, 2.24) is 0 Å². The van der Waals surface area contributed by atoms with E-state index in [2.05, 4.69) is 0 Å². The fraction of sp³-hybridized carbons (Fsp3) is 1.00. The van der Waals surface area contributed by atoms with E-state index in [0.717, 1.165) is 12.8 Å². The standard InChI is InChI=1S/C9H15Cl3/c10-9(11,12)8-6-4-2-1-3-5-7-8/h8H,1-7H2. The summed E-state index contributed by atoms with van der Waals surface area (Å²) in [5.74, 6) is 0.280. The Bertz CT molecular complexity index is 120. The van der Waals surface area contributed by atoms with Crippen molar-refractivity contribution in [3.05, 3.63) is 0 Å². The third kappa shape index (κ3) is 3.72. The monoisotopic (exact) mass is 228 g/mol. The number of rotatable bonds is 0. The number of hydrogen-bond donors (Lipinski definition) is 0. The van der Waals surface area contributed by atoms with Crippen LogP contribution in [0.25, 0.3) is 0 Å². The Morgan fingerprint density at radius 3 is 1.58 bits per heavy atom. The van der Waals surface area contributed by atoms with Crippen molar-refractivity contribution in [2.24, 2.45) is 5.92 Å². The molecular formula is C9H15Cl3. The summed E-state index contributed by atoms with van der Waals surface area (Å²) < 4.78 is -1.03. The Kier molecular flexibility index (Phi) is 4.50. The van der Waals surface area contributed by atoms with E-state index >= 15 is 0 Å². The molecule has 0 bridgehead atoms. The van der Waals surface area contributed by atoms with Crippen molar-refractivity contribution in [2.75, 3.05) is 0 Å². The van der Waals surface area contributed by atoms with Crippen LogP contribution in [0.1, 0.15) is 44.9 Å². The molecule has 0 unspecified atom stereocenters. The lowest BCUT2D eigenvalue weighted by Crippen LogP contribution is -2.20. The van der Waals surface area contributed by atoms with Crippen LogP contribution in [0, 0.1) is 5.92 Å². The second kappa shape index (κ2) is 4.93. The maximum Gasteiger partial charge on any atom is 0.193 e. The lowest BCUT2D eigenvalue weighted by Gasteiger charge is -2.25. The fourth-order valence-corrected chi connectivity index (χ4v) is 2.44. The average Bonchev–Trinajstić information content (AvgIpc) is 1.81. The molecule has 0 radical (unpaired) electrons. The SMILES string of the molecule is ClC(Cl)(Cl)C1CCCCCCC1.